The topological polar surface area (TPSA) is 67.2 Å². The van der Waals surface area contributed by atoms with Crippen molar-refractivity contribution >= 4 is 29.2 Å². The van der Waals surface area contributed by atoms with Gasteiger partial charge in [0.1, 0.15) is 11.6 Å². The third kappa shape index (κ3) is 7.05. The largest absolute Gasteiger partial charge is 0.333 e. The number of unbranched alkanes of at least 4 members (excludes halogenated alkanes) is 1. The standard InChI is InChI=1S/C29H28ClFN4O2/c1-2-3-17-34(29(37)18-21-9-13-24(31)14-10-21)20-28(36)32-27-19-26(22-7-5-4-6-8-22)33-35(27)25-15-11-23(30)12-16-25/h4-16,19H,2-3,17-18,20H2,1H3,(H,32,36). The molecule has 0 radical (unpaired) electrons. The Kier molecular flexibility index (Phi) is 8.69. The van der Waals surface area contributed by atoms with Crippen molar-refractivity contribution in [2.75, 3.05) is 18.4 Å². The first-order valence-corrected chi connectivity index (χ1v) is 12.5. The predicted octanol–water partition coefficient (Wildman–Crippen LogP) is 6.14. The molecule has 6 nitrogen and oxygen atoms in total. The molecule has 0 aliphatic carbocycles. The van der Waals surface area contributed by atoms with Crippen molar-refractivity contribution in [2.24, 2.45) is 0 Å². The second-order valence-electron chi connectivity index (χ2n) is 8.69. The first-order chi connectivity index (χ1) is 17.9. The van der Waals surface area contributed by atoms with Gasteiger partial charge in [0.15, 0.2) is 0 Å². The normalized spacial score (nSPS) is 10.8. The molecule has 3 aromatic carbocycles. The monoisotopic (exact) mass is 518 g/mol. The van der Waals surface area contributed by atoms with Crippen LogP contribution in [0.5, 0.6) is 0 Å². The number of nitrogens with zero attached hydrogens (tertiary/aromatic N) is 3. The van der Waals surface area contributed by atoms with Crippen LogP contribution in [0.2, 0.25) is 5.02 Å². The Morgan fingerprint density at radius 1 is 1.00 bits per heavy atom. The van der Waals surface area contributed by atoms with E-state index in [9.17, 15) is 14.0 Å². The molecule has 1 aromatic heterocycles. The molecule has 4 rings (SSSR count). The molecule has 0 atom stereocenters. The van der Waals surface area contributed by atoms with Gasteiger partial charge in [0.2, 0.25) is 11.8 Å². The summed E-state index contributed by atoms with van der Waals surface area (Å²) < 4.78 is 14.9. The molecule has 1 N–H and O–H groups in total. The number of hydrogen-bond acceptors (Lipinski definition) is 3. The molecule has 2 amide bonds. The van der Waals surface area contributed by atoms with Crippen LogP contribution in [0.1, 0.15) is 25.3 Å². The van der Waals surface area contributed by atoms with Crippen LogP contribution in [0, 0.1) is 5.82 Å². The van der Waals surface area contributed by atoms with Gasteiger partial charge in [-0.25, -0.2) is 9.07 Å². The Morgan fingerprint density at radius 3 is 2.38 bits per heavy atom. The van der Waals surface area contributed by atoms with Crippen LogP contribution in [0.3, 0.4) is 0 Å². The lowest BCUT2D eigenvalue weighted by Crippen LogP contribution is -2.39. The molecule has 190 valence electrons. The zero-order valence-corrected chi connectivity index (χ0v) is 21.3. The van der Waals surface area contributed by atoms with Crippen LogP contribution in [-0.4, -0.2) is 39.6 Å². The summed E-state index contributed by atoms with van der Waals surface area (Å²) in [4.78, 5) is 27.7. The highest BCUT2D eigenvalue weighted by atomic mass is 35.5. The minimum Gasteiger partial charge on any atom is -0.333 e. The number of carbonyl (C=O) groups is 2. The van der Waals surface area contributed by atoms with E-state index in [1.807, 2.05) is 49.4 Å². The van der Waals surface area contributed by atoms with Crippen LogP contribution in [0.4, 0.5) is 10.2 Å². The van der Waals surface area contributed by atoms with E-state index < -0.39 is 0 Å². The highest BCUT2D eigenvalue weighted by Crippen LogP contribution is 2.25. The van der Waals surface area contributed by atoms with E-state index in [-0.39, 0.29) is 30.6 Å². The highest BCUT2D eigenvalue weighted by Gasteiger charge is 2.20. The third-order valence-corrected chi connectivity index (χ3v) is 6.11. The molecule has 0 aliphatic rings. The third-order valence-electron chi connectivity index (χ3n) is 5.85. The second-order valence-corrected chi connectivity index (χ2v) is 9.13. The Hall–Kier alpha value is -3.97. The van der Waals surface area contributed by atoms with Gasteiger partial charge in [-0.1, -0.05) is 67.4 Å². The number of rotatable bonds is 10. The van der Waals surface area contributed by atoms with E-state index in [1.54, 1.807) is 39.9 Å². The van der Waals surface area contributed by atoms with Gasteiger partial charge in [0.25, 0.3) is 0 Å². The van der Waals surface area contributed by atoms with Gasteiger partial charge in [-0.15, -0.1) is 0 Å². The van der Waals surface area contributed by atoms with E-state index in [1.165, 1.54) is 12.1 Å². The van der Waals surface area contributed by atoms with Gasteiger partial charge in [-0.3, -0.25) is 9.59 Å². The Labute approximate surface area is 220 Å². The van der Waals surface area contributed by atoms with E-state index >= 15 is 0 Å². The molecule has 1 heterocycles. The lowest BCUT2D eigenvalue weighted by molar-refractivity contribution is -0.134. The summed E-state index contributed by atoms with van der Waals surface area (Å²) in [5, 5.41) is 8.23. The zero-order valence-electron chi connectivity index (χ0n) is 20.5. The lowest BCUT2D eigenvalue weighted by Gasteiger charge is -2.22. The van der Waals surface area contributed by atoms with E-state index in [0.29, 0.717) is 28.6 Å². The summed E-state index contributed by atoms with van der Waals surface area (Å²) in [6, 6.07) is 24.4. The highest BCUT2D eigenvalue weighted by molar-refractivity contribution is 6.30. The fourth-order valence-corrected chi connectivity index (χ4v) is 4.01. The van der Waals surface area contributed by atoms with E-state index in [4.69, 9.17) is 16.7 Å². The molecule has 0 fully saturated rings. The lowest BCUT2D eigenvalue weighted by atomic mass is 10.1. The molecule has 0 saturated heterocycles. The fourth-order valence-electron chi connectivity index (χ4n) is 3.88. The van der Waals surface area contributed by atoms with Crippen molar-refractivity contribution in [3.63, 3.8) is 0 Å². The molecule has 0 saturated carbocycles. The molecule has 8 heteroatoms. The maximum absolute atomic E-state index is 13.3. The maximum atomic E-state index is 13.3. The van der Waals surface area contributed by atoms with Crippen LogP contribution in [0.15, 0.2) is 84.9 Å². The van der Waals surface area contributed by atoms with Crippen molar-refractivity contribution in [1.82, 2.24) is 14.7 Å². The molecular formula is C29H28ClFN4O2. The fraction of sp³-hybridized carbons (Fsp3) is 0.207. The van der Waals surface area contributed by atoms with Gasteiger partial charge < -0.3 is 10.2 Å². The van der Waals surface area contributed by atoms with Crippen LogP contribution < -0.4 is 5.32 Å². The van der Waals surface area contributed by atoms with Crippen molar-refractivity contribution in [3.05, 3.63) is 101 Å². The molecule has 0 unspecified atom stereocenters. The number of benzene rings is 3. The first kappa shape index (κ1) is 26.1. The predicted molar refractivity (Wildman–Crippen MR) is 144 cm³/mol. The molecular weight excluding hydrogens is 491 g/mol. The van der Waals surface area contributed by atoms with Gasteiger partial charge in [0, 0.05) is 23.2 Å². The van der Waals surface area contributed by atoms with Gasteiger partial charge in [0.05, 0.1) is 24.3 Å². The number of aromatic nitrogens is 2. The molecule has 0 bridgehead atoms. The summed E-state index contributed by atoms with van der Waals surface area (Å²) in [5.41, 5.74) is 3.03. The first-order valence-electron chi connectivity index (χ1n) is 12.2. The average Bonchev–Trinajstić information content (AvgIpc) is 3.32. The number of carbonyl (C=O) groups excluding carboxylic acids is 2. The zero-order chi connectivity index (χ0) is 26.2. The van der Waals surface area contributed by atoms with Crippen LogP contribution in [0.25, 0.3) is 16.9 Å². The molecule has 37 heavy (non-hydrogen) atoms. The smallest absolute Gasteiger partial charge is 0.245 e. The van der Waals surface area contributed by atoms with Crippen molar-refractivity contribution < 1.29 is 14.0 Å². The number of amides is 2. The Bertz CT molecular complexity index is 1340. The Morgan fingerprint density at radius 2 is 1.70 bits per heavy atom. The van der Waals surface area contributed by atoms with Gasteiger partial charge in [-0.05, 0) is 48.4 Å². The number of nitrogens with one attached hydrogen (secondary N) is 1. The van der Waals surface area contributed by atoms with Crippen LogP contribution in [-0.2, 0) is 16.0 Å². The average molecular weight is 519 g/mol. The Balaban J connectivity index is 1.54. The van der Waals surface area contributed by atoms with E-state index in [0.717, 1.165) is 24.1 Å². The maximum Gasteiger partial charge on any atom is 0.245 e. The summed E-state index contributed by atoms with van der Waals surface area (Å²) in [6.45, 7) is 2.38. The number of anilines is 1. The summed E-state index contributed by atoms with van der Waals surface area (Å²) in [5.74, 6) is -0.400. The van der Waals surface area contributed by atoms with Gasteiger partial charge in [-0.2, -0.15) is 5.10 Å². The number of hydrogen-bond donors (Lipinski definition) is 1. The minimum atomic E-state index is -0.356. The molecule has 0 spiro atoms. The van der Waals surface area contributed by atoms with E-state index in [2.05, 4.69) is 5.32 Å². The molecule has 0 aliphatic heterocycles. The summed E-state index contributed by atoms with van der Waals surface area (Å²) >= 11 is 6.06. The SMILES string of the molecule is CCCCN(CC(=O)Nc1cc(-c2ccccc2)nn1-c1ccc(Cl)cc1)C(=O)Cc1ccc(F)cc1. The van der Waals surface area contributed by atoms with Crippen molar-refractivity contribution in [3.8, 4) is 16.9 Å². The van der Waals surface area contributed by atoms with Crippen molar-refractivity contribution in [2.45, 2.75) is 26.2 Å². The van der Waals surface area contributed by atoms with Gasteiger partial charge >= 0.3 is 0 Å². The van der Waals surface area contributed by atoms with Crippen molar-refractivity contribution in [1.29, 1.82) is 0 Å². The second kappa shape index (κ2) is 12.3. The minimum absolute atomic E-state index is 0.0954. The van der Waals surface area contributed by atoms with Crippen LogP contribution >= 0.6 is 11.6 Å². The molecule has 4 aromatic rings. The summed E-state index contributed by atoms with van der Waals surface area (Å²) in [7, 11) is 0. The quantitative estimate of drug-likeness (QED) is 0.274. The summed E-state index contributed by atoms with van der Waals surface area (Å²) in [6.07, 6.45) is 1.74. The number of halogens is 2.